The SMILES string of the molecule is Nc1ccc(OC2COC2)c2nonc12. The molecule has 0 radical (unpaired) electrons. The molecule has 1 aromatic carbocycles. The van der Waals surface area contributed by atoms with Gasteiger partial charge in [-0.1, -0.05) is 0 Å². The number of nitrogen functional groups attached to an aromatic ring is 1. The highest BCUT2D eigenvalue weighted by molar-refractivity contribution is 5.90. The third-order valence-corrected chi connectivity index (χ3v) is 2.31. The summed E-state index contributed by atoms with van der Waals surface area (Å²) < 4.78 is 15.3. The number of hydrogen-bond acceptors (Lipinski definition) is 6. The fourth-order valence-electron chi connectivity index (χ4n) is 1.42. The van der Waals surface area contributed by atoms with E-state index >= 15 is 0 Å². The van der Waals surface area contributed by atoms with E-state index in [1.807, 2.05) is 0 Å². The topological polar surface area (TPSA) is 83.4 Å². The zero-order valence-electron chi connectivity index (χ0n) is 7.84. The molecule has 2 heterocycles. The van der Waals surface area contributed by atoms with Gasteiger partial charge in [0.25, 0.3) is 0 Å². The number of nitrogens with two attached hydrogens (primary N) is 1. The van der Waals surface area contributed by atoms with Crippen molar-refractivity contribution in [1.82, 2.24) is 10.3 Å². The highest BCUT2D eigenvalue weighted by Gasteiger charge is 2.22. The molecule has 6 heteroatoms. The molecule has 0 aliphatic carbocycles. The number of aromatic nitrogens is 2. The Kier molecular flexibility index (Phi) is 1.75. The highest BCUT2D eigenvalue weighted by atomic mass is 16.6. The highest BCUT2D eigenvalue weighted by Crippen LogP contribution is 2.28. The molecule has 3 rings (SSSR count). The van der Waals surface area contributed by atoms with Gasteiger partial charge in [-0.25, -0.2) is 4.63 Å². The lowest BCUT2D eigenvalue weighted by atomic mass is 10.2. The van der Waals surface area contributed by atoms with Gasteiger partial charge in [0.1, 0.15) is 6.10 Å². The zero-order valence-corrected chi connectivity index (χ0v) is 7.84. The van der Waals surface area contributed by atoms with Crippen LogP contribution in [-0.2, 0) is 4.74 Å². The van der Waals surface area contributed by atoms with E-state index in [1.54, 1.807) is 12.1 Å². The van der Waals surface area contributed by atoms with Gasteiger partial charge in [0.15, 0.2) is 16.8 Å². The second-order valence-corrected chi connectivity index (χ2v) is 3.39. The summed E-state index contributed by atoms with van der Waals surface area (Å²) in [6, 6.07) is 3.49. The Morgan fingerprint density at radius 2 is 2.07 bits per heavy atom. The van der Waals surface area contributed by atoms with Crippen molar-refractivity contribution in [3.05, 3.63) is 12.1 Å². The zero-order chi connectivity index (χ0) is 10.3. The lowest BCUT2D eigenvalue weighted by Gasteiger charge is -2.26. The third kappa shape index (κ3) is 1.30. The second-order valence-electron chi connectivity index (χ2n) is 3.39. The van der Waals surface area contributed by atoms with Crippen LogP contribution < -0.4 is 10.5 Å². The van der Waals surface area contributed by atoms with Gasteiger partial charge in [0.2, 0.25) is 0 Å². The van der Waals surface area contributed by atoms with Gasteiger partial charge in [0.05, 0.1) is 18.9 Å². The third-order valence-electron chi connectivity index (χ3n) is 2.31. The number of anilines is 1. The average molecular weight is 207 g/mol. The average Bonchev–Trinajstić information content (AvgIpc) is 2.63. The molecule has 0 bridgehead atoms. The minimum absolute atomic E-state index is 0.0912. The maximum absolute atomic E-state index is 5.70. The summed E-state index contributed by atoms with van der Waals surface area (Å²) in [6.45, 7) is 1.22. The molecule has 0 atom stereocenters. The molecule has 2 aromatic rings. The van der Waals surface area contributed by atoms with Gasteiger partial charge < -0.3 is 15.2 Å². The van der Waals surface area contributed by atoms with Crippen molar-refractivity contribution in [1.29, 1.82) is 0 Å². The van der Waals surface area contributed by atoms with E-state index in [1.165, 1.54) is 0 Å². The maximum Gasteiger partial charge on any atom is 0.179 e. The number of nitrogens with zero attached hydrogens (tertiary/aromatic N) is 2. The van der Waals surface area contributed by atoms with E-state index in [9.17, 15) is 0 Å². The Morgan fingerprint density at radius 1 is 1.27 bits per heavy atom. The summed E-state index contributed by atoms with van der Waals surface area (Å²) in [4.78, 5) is 0. The summed E-state index contributed by atoms with van der Waals surface area (Å²) in [5.41, 5.74) is 7.33. The Morgan fingerprint density at radius 3 is 2.80 bits per heavy atom. The van der Waals surface area contributed by atoms with Crippen LogP contribution in [0.4, 0.5) is 5.69 Å². The number of benzene rings is 1. The van der Waals surface area contributed by atoms with Gasteiger partial charge >= 0.3 is 0 Å². The van der Waals surface area contributed by atoms with E-state index in [4.69, 9.17) is 15.2 Å². The predicted octanol–water partition coefficient (Wildman–Crippen LogP) is 0.583. The molecule has 1 aliphatic rings. The van der Waals surface area contributed by atoms with Crippen LogP contribution >= 0.6 is 0 Å². The summed E-state index contributed by atoms with van der Waals surface area (Å²) in [6.07, 6.45) is 0.0912. The number of ether oxygens (including phenoxy) is 2. The largest absolute Gasteiger partial charge is 0.483 e. The van der Waals surface area contributed by atoms with Crippen LogP contribution in [0.5, 0.6) is 5.75 Å². The van der Waals surface area contributed by atoms with Crippen LogP contribution in [0.1, 0.15) is 0 Å². The molecule has 6 nitrogen and oxygen atoms in total. The number of hydrogen-bond donors (Lipinski definition) is 1. The molecule has 1 aliphatic heterocycles. The van der Waals surface area contributed by atoms with Gasteiger partial charge in [-0.2, -0.15) is 0 Å². The predicted molar refractivity (Wildman–Crippen MR) is 51.5 cm³/mol. The summed E-state index contributed by atoms with van der Waals surface area (Å²) in [5, 5.41) is 7.47. The van der Waals surface area contributed by atoms with Crippen molar-refractivity contribution < 1.29 is 14.1 Å². The standard InChI is InChI=1S/C9H9N3O3/c10-6-1-2-7(14-5-3-13-4-5)9-8(6)11-15-12-9/h1-2,5H,3-4,10H2. The molecule has 78 valence electrons. The first kappa shape index (κ1) is 8.49. The molecule has 1 aromatic heterocycles. The van der Waals surface area contributed by atoms with E-state index in [2.05, 4.69) is 14.9 Å². The van der Waals surface area contributed by atoms with E-state index in [-0.39, 0.29) is 6.10 Å². The first-order valence-corrected chi connectivity index (χ1v) is 4.60. The van der Waals surface area contributed by atoms with Crippen LogP contribution in [-0.4, -0.2) is 29.6 Å². The van der Waals surface area contributed by atoms with Gasteiger partial charge in [-0.05, 0) is 22.4 Å². The normalized spacial score (nSPS) is 16.5. The maximum atomic E-state index is 5.70. The summed E-state index contributed by atoms with van der Waals surface area (Å²) >= 11 is 0. The van der Waals surface area contributed by atoms with E-state index < -0.39 is 0 Å². The van der Waals surface area contributed by atoms with Crippen molar-refractivity contribution in [2.24, 2.45) is 0 Å². The first-order chi connectivity index (χ1) is 7.34. The van der Waals surface area contributed by atoms with E-state index in [0.717, 1.165) is 0 Å². The second kappa shape index (κ2) is 3.09. The van der Waals surface area contributed by atoms with Crippen molar-refractivity contribution in [3.63, 3.8) is 0 Å². The molecule has 2 N–H and O–H groups in total. The number of rotatable bonds is 2. The van der Waals surface area contributed by atoms with Crippen LogP contribution in [0.15, 0.2) is 16.8 Å². The minimum Gasteiger partial charge on any atom is -0.483 e. The monoisotopic (exact) mass is 207 g/mol. The van der Waals surface area contributed by atoms with Gasteiger partial charge in [-0.3, -0.25) is 0 Å². The quantitative estimate of drug-likeness (QED) is 0.725. The van der Waals surface area contributed by atoms with Crippen molar-refractivity contribution in [2.45, 2.75) is 6.10 Å². The van der Waals surface area contributed by atoms with Crippen LogP contribution in [0.25, 0.3) is 11.0 Å². The van der Waals surface area contributed by atoms with Crippen LogP contribution in [0, 0.1) is 0 Å². The molecule has 1 fully saturated rings. The van der Waals surface area contributed by atoms with Crippen LogP contribution in [0.3, 0.4) is 0 Å². The first-order valence-electron chi connectivity index (χ1n) is 4.60. The number of fused-ring (bicyclic) bond motifs is 1. The lowest BCUT2D eigenvalue weighted by molar-refractivity contribution is -0.0792. The van der Waals surface area contributed by atoms with E-state index in [0.29, 0.717) is 35.7 Å². The summed E-state index contributed by atoms with van der Waals surface area (Å²) in [7, 11) is 0. The molecule has 0 amide bonds. The fourth-order valence-corrected chi connectivity index (χ4v) is 1.42. The van der Waals surface area contributed by atoms with Crippen molar-refractivity contribution in [2.75, 3.05) is 18.9 Å². The smallest absolute Gasteiger partial charge is 0.179 e. The molecular formula is C9H9N3O3. The molecule has 0 spiro atoms. The van der Waals surface area contributed by atoms with Crippen molar-refractivity contribution in [3.8, 4) is 5.75 Å². The molecule has 0 saturated carbocycles. The Balaban J connectivity index is 2.02. The lowest BCUT2D eigenvalue weighted by Crippen LogP contribution is -2.38. The van der Waals surface area contributed by atoms with Crippen molar-refractivity contribution >= 4 is 16.7 Å². The van der Waals surface area contributed by atoms with Gasteiger partial charge in [0, 0.05) is 0 Å². The Bertz CT molecular complexity index is 492. The minimum atomic E-state index is 0.0912. The van der Waals surface area contributed by atoms with Crippen LogP contribution in [0.2, 0.25) is 0 Å². The van der Waals surface area contributed by atoms with Gasteiger partial charge in [-0.15, -0.1) is 0 Å². The Labute approximate surface area is 84.9 Å². The molecule has 1 saturated heterocycles. The fraction of sp³-hybridized carbons (Fsp3) is 0.333. The molecular weight excluding hydrogens is 198 g/mol. The Hall–Kier alpha value is -1.82. The molecule has 0 unspecified atom stereocenters. The molecule has 15 heavy (non-hydrogen) atoms. The summed E-state index contributed by atoms with van der Waals surface area (Å²) in [5.74, 6) is 0.633.